The molecule has 0 aliphatic carbocycles. The van der Waals surface area contributed by atoms with Crippen LogP contribution in [0, 0.1) is 0 Å². The third-order valence-corrected chi connectivity index (χ3v) is 3.18. The average Bonchev–Trinajstić information content (AvgIpc) is 2.92. The Morgan fingerprint density at radius 2 is 1.79 bits per heavy atom. The summed E-state index contributed by atoms with van der Waals surface area (Å²) in [6, 6.07) is 8.15. The molecule has 0 spiro atoms. The summed E-state index contributed by atoms with van der Waals surface area (Å²) in [6.45, 7) is 6.30. The highest BCUT2D eigenvalue weighted by molar-refractivity contribution is 5.76. The van der Waals surface area contributed by atoms with Gasteiger partial charge in [-0.15, -0.1) is 0 Å². The average molecular weight is 257 g/mol. The number of imidazole rings is 1. The first-order chi connectivity index (χ1) is 9.08. The Hall–Kier alpha value is -2.10. The Bertz CT molecular complexity index is 529. The molecular formula is C15H19N3O. The summed E-state index contributed by atoms with van der Waals surface area (Å²) < 4.78 is 1.43. The second kappa shape index (κ2) is 5.69. The van der Waals surface area contributed by atoms with E-state index < -0.39 is 0 Å². The third kappa shape index (κ3) is 3.22. The van der Waals surface area contributed by atoms with Gasteiger partial charge in [-0.1, -0.05) is 38.1 Å². The van der Waals surface area contributed by atoms with E-state index in [0.29, 0.717) is 5.92 Å². The minimum atomic E-state index is -0.169. The molecule has 1 aromatic carbocycles. The van der Waals surface area contributed by atoms with Gasteiger partial charge in [0.1, 0.15) is 6.33 Å². The molecule has 1 unspecified atom stereocenters. The highest BCUT2D eigenvalue weighted by atomic mass is 16.2. The van der Waals surface area contributed by atoms with Gasteiger partial charge < -0.3 is 5.32 Å². The lowest BCUT2D eigenvalue weighted by molar-refractivity contribution is 0.239. The van der Waals surface area contributed by atoms with Crippen LogP contribution in [0.15, 0.2) is 43.0 Å². The fourth-order valence-electron chi connectivity index (χ4n) is 1.89. The van der Waals surface area contributed by atoms with E-state index in [9.17, 15) is 4.79 Å². The predicted molar refractivity (Wildman–Crippen MR) is 75.1 cm³/mol. The maximum atomic E-state index is 11.9. The molecule has 0 fully saturated rings. The molecule has 0 aliphatic heterocycles. The molecule has 4 heteroatoms. The fraction of sp³-hybridized carbons (Fsp3) is 0.333. The van der Waals surface area contributed by atoms with E-state index in [1.165, 1.54) is 16.5 Å². The van der Waals surface area contributed by atoms with Crippen LogP contribution in [0.3, 0.4) is 0 Å². The highest BCUT2D eigenvalue weighted by Crippen LogP contribution is 2.18. The summed E-state index contributed by atoms with van der Waals surface area (Å²) >= 11 is 0. The fourth-order valence-corrected chi connectivity index (χ4v) is 1.89. The van der Waals surface area contributed by atoms with Crippen LogP contribution in [0.4, 0.5) is 4.79 Å². The number of nitrogens with one attached hydrogen (secondary N) is 1. The molecule has 0 saturated heterocycles. The summed E-state index contributed by atoms with van der Waals surface area (Å²) in [4.78, 5) is 15.7. The molecule has 0 saturated carbocycles. The minimum absolute atomic E-state index is 0.0314. The third-order valence-electron chi connectivity index (χ3n) is 3.18. The van der Waals surface area contributed by atoms with Crippen molar-refractivity contribution in [2.45, 2.75) is 32.7 Å². The largest absolute Gasteiger partial charge is 0.331 e. The van der Waals surface area contributed by atoms with Gasteiger partial charge in [0.15, 0.2) is 0 Å². The predicted octanol–water partition coefficient (Wildman–Crippen LogP) is 3.33. The Labute approximate surface area is 113 Å². The van der Waals surface area contributed by atoms with E-state index in [2.05, 4.69) is 48.4 Å². The van der Waals surface area contributed by atoms with Gasteiger partial charge in [-0.3, -0.25) is 4.57 Å². The minimum Gasteiger partial charge on any atom is -0.331 e. The van der Waals surface area contributed by atoms with E-state index >= 15 is 0 Å². The smallest absolute Gasteiger partial charge is 0.327 e. The van der Waals surface area contributed by atoms with Crippen LogP contribution < -0.4 is 5.32 Å². The Morgan fingerprint density at radius 3 is 2.32 bits per heavy atom. The number of hydrogen-bond donors (Lipinski definition) is 1. The van der Waals surface area contributed by atoms with Gasteiger partial charge in [0.05, 0.1) is 6.04 Å². The summed E-state index contributed by atoms with van der Waals surface area (Å²) in [5.74, 6) is 0.518. The molecular weight excluding hydrogens is 238 g/mol. The quantitative estimate of drug-likeness (QED) is 0.916. The first-order valence-corrected chi connectivity index (χ1v) is 6.46. The number of nitrogens with zero attached hydrogens (tertiary/aromatic N) is 2. The van der Waals surface area contributed by atoms with Crippen molar-refractivity contribution in [1.29, 1.82) is 0 Å². The second-order valence-corrected chi connectivity index (χ2v) is 4.96. The van der Waals surface area contributed by atoms with Crippen LogP contribution in [0.2, 0.25) is 0 Å². The van der Waals surface area contributed by atoms with Gasteiger partial charge in [-0.05, 0) is 24.0 Å². The molecule has 1 amide bonds. The number of rotatable bonds is 3. The molecule has 1 aromatic heterocycles. The van der Waals surface area contributed by atoms with Crippen molar-refractivity contribution in [1.82, 2.24) is 14.9 Å². The number of carbonyl (C=O) groups excluding carboxylic acids is 1. The zero-order valence-electron chi connectivity index (χ0n) is 11.5. The van der Waals surface area contributed by atoms with Crippen LogP contribution >= 0.6 is 0 Å². The summed E-state index contributed by atoms with van der Waals surface area (Å²) in [5.41, 5.74) is 2.40. The Morgan fingerprint density at radius 1 is 1.16 bits per heavy atom. The van der Waals surface area contributed by atoms with Crippen molar-refractivity contribution < 1.29 is 4.79 Å². The molecule has 2 aromatic rings. The van der Waals surface area contributed by atoms with E-state index in [0.717, 1.165) is 5.56 Å². The van der Waals surface area contributed by atoms with Crippen molar-refractivity contribution in [3.05, 3.63) is 54.1 Å². The van der Waals surface area contributed by atoms with Crippen LogP contribution in [-0.4, -0.2) is 15.6 Å². The first-order valence-electron chi connectivity index (χ1n) is 6.46. The molecule has 1 atom stereocenters. The van der Waals surface area contributed by atoms with Crippen LogP contribution in [-0.2, 0) is 0 Å². The molecule has 0 bridgehead atoms. The van der Waals surface area contributed by atoms with Gasteiger partial charge >= 0.3 is 6.03 Å². The van der Waals surface area contributed by atoms with Gasteiger partial charge in [0.25, 0.3) is 0 Å². The number of aromatic nitrogens is 2. The lowest BCUT2D eigenvalue weighted by atomic mass is 10.00. The van der Waals surface area contributed by atoms with Crippen molar-refractivity contribution in [2.24, 2.45) is 0 Å². The van der Waals surface area contributed by atoms with E-state index in [1.807, 2.05) is 6.92 Å². The molecule has 2 rings (SSSR count). The highest BCUT2D eigenvalue weighted by Gasteiger charge is 2.10. The molecule has 0 aliphatic rings. The van der Waals surface area contributed by atoms with E-state index in [4.69, 9.17) is 0 Å². The van der Waals surface area contributed by atoms with Gasteiger partial charge in [-0.2, -0.15) is 0 Å². The summed E-state index contributed by atoms with van der Waals surface area (Å²) in [5, 5.41) is 2.93. The van der Waals surface area contributed by atoms with Crippen molar-refractivity contribution in [3.63, 3.8) is 0 Å². The lowest BCUT2D eigenvalue weighted by Gasteiger charge is -2.15. The monoisotopic (exact) mass is 257 g/mol. The Balaban J connectivity index is 2.03. The molecule has 100 valence electrons. The number of hydrogen-bond acceptors (Lipinski definition) is 2. The zero-order chi connectivity index (χ0) is 13.8. The van der Waals surface area contributed by atoms with Crippen LogP contribution in [0.1, 0.15) is 43.9 Å². The normalized spacial score (nSPS) is 12.4. The molecule has 4 nitrogen and oxygen atoms in total. The zero-order valence-corrected chi connectivity index (χ0v) is 11.5. The molecule has 1 N–H and O–H groups in total. The summed E-state index contributed by atoms with van der Waals surface area (Å²) in [6.07, 6.45) is 4.70. The molecule has 19 heavy (non-hydrogen) atoms. The SMILES string of the molecule is CC(C)c1ccc(C(C)NC(=O)n2ccnc2)cc1. The van der Waals surface area contributed by atoms with Crippen molar-refractivity contribution >= 4 is 6.03 Å². The lowest BCUT2D eigenvalue weighted by Crippen LogP contribution is -2.30. The van der Waals surface area contributed by atoms with Gasteiger partial charge in [0.2, 0.25) is 0 Å². The maximum Gasteiger partial charge on any atom is 0.327 e. The number of carbonyl (C=O) groups is 1. The topological polar surface area (TPSA) is 46.9 Å². The second-order valence-electron chi connectivity index (χ2n) is 4.96. The number of benzene rings is 1. The van der Waals surface area contributed by atoms with Gasteiger partial charge in [-0.25, -0.2) is 9.78 Å². The summed E-state index contributed by atoms with van der Waals surface area (Å²) in [7, 11) is 0. The van der Waals surface area contributed by atoms with Crippen LogP contribution in [0.5, 0.6) is 0 Å². The van der Waals surface area contributed by atoms with E-state index in [-0.39, 0.29) is 12.1 Å². The molecule has 0 radical (unpaired) electrons. The number of amides is 1. The van der Waals surface area contributed by atoms with Crippen LogP contribution in [0.25, 0.3) is 0 Å². The van der Waals surface area contributed by atoms with Crippen molar-refractivity contribution in [2.75, 3.05) is 0 Å². The molecule has 1 heterocycles. The van der Waals surface area contributed by atoms with Gasteiger partial charge in [0, 0.05) is 12.4 Å². The standard InChI is InChI=1S/C15H19N3O/c1-11(2)13-4-6-14(7-5-13)12(3)17-15(19)18-9-8-16-10-18/h4-12H,1-3H3,(H,17,19). The maximum absolute atomic E-state index is 11.9. The van der Waals surface area contributed by atoms with Crippen molar-refractivity contribution in [3.8, 4) is 0 Å². The Kier molecular flexibility index (Phi) is 4.00. The first kappa shape index (κ1) is 13.3. The van der Waals surface area contributed by atoms with E-state index in [1.54, 1.807) is 12.4 Å².